The van der Waals surface area contributed by atoms with Gasteiger partial charge in [0.05, 0.1) is 4.83 Å². The van der Waals surface area contributed by atoms with Gasteiger partial charge in [0.15, 0.2) is 0 Å². The largest absolute Gasteiger partial charge is 0.325 e. The Hall–Kier alpha value is -0.870. The van der Waals surface area contributed by atoms with Crippen LogP contribution in [0.1, 0.15) is 13.8 Å². The summed E-state index contributed by atoms with van der Waals surface area (Å²) in [6, 6.07) is 8.04. The quantitative estimate of drug-likeness (QED) is 0.843. The molecule has 90 valence electrons. The monoisotopic (exact) mass is 311 g/mol. The molecule has 1 amide bonds. The van der Waals surface area contributed by atoms with Crippen molar-refractivity contribution in [2.24, 2.45) is 5.92 Å². The third kappa shape index (κ3) is 2.87. The van der Waals surface area contributed by atoms with E-state index in [1.54, 1.807) is 11.3 Å². The first kappa shape index (κ1) is 12.6. The molecule has 4 heteroatoms. The molecule has 1 unspecified atom stereocenters. The molecule has 0 radical (unpaired) electrons. The number of carbonyl (C=O) groups is 1. The first-order valence-electron chi connectivity index (χ1n) is 5.50. The number of carbonyl (C=O) groups excluding carboxylic acids is 1. The van der Waals surface area contributed by atoms with E-state index in [1.807, 2.05) is 32.0 Å². The van der Waals surface area contributed by atoms with Crippen molar-refractivity contribution in [2.75, 3.05) is 5.32 Å². The first-order valence-corrected chi connectivity index (χ1v) is 7.29. The van der Waals surface area contributed by atoms with Gasteiger partial charge >= 0.3 is 0 Å². The SMILES string of the molecule is CC(C)C(Br)C(=O)Nc1ccc2sccc2c1. The van der Waals surface area contributed by atoms with Crippen molar-refractivity contribution in [3.63, 3.8) is 0 Å². The summed E-state index contributed by atoms with van der Waals surface area (Å²) >= 11 is 5.10. The van der Waals surface area contributed by atoms with Crippen LogP contribution in [0.2, 0.25) is 0 Å². The lowest BCUT2D eigenvalue weighted by atomic mass is 10.1. The maximum absolute atomic E-state index is 11.9. The van der Waals surface area contributed by atoms with E-state index in [2.05, 4.69) is 32.7 Å². The van der Waals surface area contributed by atoms with Gasteiger partial charge in [0.1, 0.15) is 0 Å². The molecule has 1 N–H and O–H groups in total. The molecular formula is C13H14BrNOS. The molecule has 2 nitrogen and oxygen atoms in total. The van der Waals surface area contributed by atoms with Crippen LogP contribution < -0.4 is 5.32 Å². The number of anilines is 1. The highest BCUT2D eigenvalue weighted by atomic mass is 79.9. The molecule has 0 bridgehead atoms. The van der Waals surface area contributed by atoms with Gasteiger partial charge in [-0.2, -0.15) is 0 Å². The van der Waals surface area contributed by atoms with Crippen molar-refractivity contribution in [3.8, 4) is 0 Å². The van der Waals surface area contributed by atoms with Crippen LogP contribution in [0.5, 0.6) is 0 Å². The Labute approximate surface area is 113 Å². The Morgan fingerprint density at radius 1 is 1.35 bits per heavy atom. The van der Waals surface area contributed by atoms with E-state index in [-0.39, 0.29) is 16.7 Å². The normalized spacial score (nSPS) is 12.9. The minimum atomic E-state index is -0.152. The topological polar surface area (TPSA) is 29.1 Å². The maximum Gasteiger partial charge on any atom is 0.238 e. The van der Waals surface area contributed by atoms with Crippen LogP contribution in [0.15, 0.2) is 29.6 Å². The van der Waals surface area contributed by atoms with Gasteiger partial charge < -0.3 is 5.32 Å². The van der Waals surface area contributed by atoms with Gasteiger partial charge in [-0.3, -0.25) is 4.79 Å². The highest BCUT2D eigenvalue weighted by Gasteiger charge is 2.18. The standard InChI is InChI=1S/C13H14BrNOS/c1-8(2)12(14)13(16)15-10-3-4-11-9(7-10)5-6-17-11/h3-8,12H,1-2H3,(H,15,16). The van der Waals surface area contributed by atoms with E-state index in [0.29, 0.717) is 0 Å². The summed E-state index contributed by atoms with van der Waals surface area (Å²) in [5.74, 6) is 0.287. The zero-order valence-corrected chi connectivity index (χ0v) is 12.1. The summed E-state index contributed by atoms with van der Waals surface area (Å²) in [6.07, 6.45) is 0. The predicted octanol–water partition coefficient (Wildman–Crippen LogP) is 4.26. The average Bonchev–Trinajstić information content (AvgIpc) is 2.74. The van der Waals surface area contributed by atoms with Gasteiger partial charge in [-0.1, -0.05) is 29.8 Å². The molecule has 1 atom stereocenters. The molecule has 0 aliphatic rings. The van der Waals surface area contributed by atoms with Crippen molar-refractivity contribution in [3.05, 3.63) is 29.6 Å². The summed E-state index contributed by atoms with van der Waals surface area (Å²) in [5, 5.41) is 6.15. The second-order valence-corrected chi connectivity index (χ2v) is 6.24. The smallest absolute Gasteiger partial charge is 0.238 e. The molecule has 0 spiro atoms. The van der Waals surface area contributed by atoms with Gasteiger partial charge in [-0.25, -0.2) is 0 Å². The minimum absolute atomic E-state index is 0.00887. The zero-order chi connectivity index (χ0) is 12.4. The van der Waals surface area contributed by atoms with Gasteiger partial charge in [0.25, 0.3) is 0 Å². The van der Waals surface area contributed by atoms with Crippen LogP contribution in [0.4, 0.5) is 5.69 Å². The van der Waals surface area contributed by atoms with Crippen LogP contribution in [0.3, 0.4) is 0 Å². The summed E-state index contributed by atoms with van der Waals surface area (Å²) in [7, 11) is 0. The lowest BCUT2D eigenvalue weighted by molar-refractivity contribution is -0.116. The van der Waals surface area contributed by atoms with Crippen molar-refractivity contribution in [2.45, 2.75) is 18.7 Å². The highest BCUT2D eigenvalue weighted by molar-refractivity contribution is 9.10. The molecular weight excluding hydrogens is 298 g/mol. The second-order valence-electron chi connectivity index (χ2n) is 4.31. The number of amides is 1. The van der Waals surface area contributed by atoms with E-state index in [0.717, 1.165) is 5.69 Å². The second kappa shape index (κ2) is 5.19. The maximum atomic E-state index is 11.9. The van der Waals surface area contributed by atoms with E-state index >= 15 is 0 Å². The fourth-order valence-corrected chi connectivity index (χ4v) is 2.44. The molecule has 1 aromatic heterocycles. The molecule has 0 fully saturated rings. The van der Waals surface area contributed by atoms with Crippen molar-refractivity contribution < 1.29 is 4.79 Å². The Morgan fingerprint density at radius 2 is 2.12 bits per heavy atom. The number of halogens is 1. The lowest BCUT2D eigenvalue weighted by Crippen LogP contribution is -2.26. The summed E-state index contributed by atoms with van der Waals surface area (Å²) in [6.45, 7) is 4.03. The molecule has 1 aromatic carbocycles. The fourth-order valence-electron chi connectivity index (χ4n) is 1.56. The number of fused-ring (bicyclic) bond motifs is 1. The Kier molecular flexibility index (Phi) is 3.84. The molecule has 0 aliphatic heterocycles. The molecule has 2 rings (SSSR count). The molecule has 1 heterocycles. The van der Waals surface area contributed by atoms with Crippen LogP contribution in [0.25, 0.3) is 10.1 Å². The number of thiophene rings is 1. The van der Waals surface area contributed by atoms with Crippen LogP contribution >= 0.6 is 27.3 Å². The predicted molar refractivity (Wildman–Crippen MR) is 78.0 cm³/mol. The van der Waals surface area contributed by atoms with Crippen LogP contribution in [-0.4, -0.2) is 10.7 Å². The number of hydrogen-bond donors (Lipinski definition) is 1. The number of alkyl halides is 1. The zero-order valence-electron chi connectivity index (χ0n) is 9.74. The molecule has 17 heavy (non-hydrogen) atoms. The third-order valence-electron chi connectivity index (χ3n) is 2.56. The lowest BCUT2D eigenvalue weighted by Gasteiger charge is -2.13. The van der Waals surface area contributed by atoms with E-state index in [4.69, 9.17) is 0 Å². The van der Waals surface area contributed by atoms with E-state index in [1.165, 1.54) is 10.1 Å². The minimum Gasteiger partial charge on any atom is -0.325 e. The van der Waals surface area contributed by atoms with Crippen LogP contribution in [-0.2, 0) is 4.79 Å². The molecule has 0 saturated carbocycles. The van der Waals surface area contributed by atoms with Crippen molar-refractivity contribution in [1.29, 1.82) is 0 Å². The number of hydrogen-bond acceptors (Lipinski definition) is 2. The highest BCUT2D eigenvalue weighted by Crippen LogP contribution is 2.24. The van der Waals surface area contributed by atoms with Crippen LogP contribution in [0, 0.1) is 5.92 Å². The number of rotatable bonds is 3. The third-order valence-corrected chi connectivity index (χ3v) is 4.93. The summed E-state index contributed by atoms with van der Waals surface area (Å²) < 4.78 is 1.24. The molecule has 0 aliphatic carbocycles. The summed E-state index contributed by atoms with van der Waals surface area (Å²) in [5.41, 5.74) is 0.853. The van der Waals surface area contributed by atoms with Crippen molar-refractivity contribution in [1.82, 2.24) is 0 Å². The first-order chi connectivity index (χ1) is 8.08. The Bertz CT molecular complexity index is 535. The number of nitrogens with one attached hydrogen (secondary N) is 1. The van der Waals surface area contributed by atoms with Gasteiger partial charge in [-0.15, -0.1) is 11.3 Å². The average molecular weight is 312 g/mol. The summed E-state index contributed by atoms with van der Waals surface area (Å²) in [4.78, 5) is 11.7. The van der Waals surface area contributed by atoms with Gasteiger partial charge in [-0.05, 0) is 40.9 Å². The van der Waals surface area contributed by atoms with Gasteiger partial charge in [0.2, 0.25) is 5.91 Å². The number of benzene rings is 1. The van der Waals surface area contributed by atoms with Crippen molar-refractivity contribution >= 4 is 48.9 Å². The Morgan fingerprint density at radius 3 is 2.82 bits per heavy atom. The van der Waals surface area contributed by atoms with E-state index in [9.17, 15) is 4.79 Å². The van der Waals surface area contributed by atoms with E-state index < -0.39 is 0 Å². The molecule has 0 saturated heterocycles. The Balaban J connectivity index is 2.15. The fraction of sp³-hybridized carbons (Fsp3) is 0.308. The van der Waals surface area contributed by atoms with Gasteiger partial charge in [0, 0.05) is 10.4 Å². The molecule has 2 aromatic rings.